The third-order valence-electron chi connectivity index (χ3n) is 2.31. The normalized spacial score (nSPS) is 12.2. The largest absolute Gasteiger partial charge is 0.372 e. The van der Waals surface area contributed by atoms with Crippen molar-refractivity contribution in [1.29, 1.82) is 0 Å². The first-order valence-corrected chi connectivity index (χ1v) is 7.14. The molecule has 0 aliphatic rings. The lowest BCUT2D eigenvalue weighted by molar-refractivity contribution is 0.634. The molecule has 0 aromatic heterocycles. The molecule has 0 amide bonds. The monoisotopic (exact) mass is 254 g/mol. The first-order valence-electron chi connectivity index (χ1n) is 7.14. The third kappa shape index (κ3) is 8.79. The predicted molar refractivity (Wildman–Crippen MR) is 80.1 cm³/mol. The van der Waals surface area contributed by atoms with Gasteiger partial charge in [0.05, 0.1) is 11.6 Å². The molecule has 106 valence electrons. The van der Waals surface area contributed by atoms with Crippen molar-refractivity contribution in [3.8, 4) is 0 Å². The summed E-state index contributed by atoms with van der Waals surface area (Å²) in [6, 6.07) is 0. The van der Waals surface area contributed by atoms with E-state index in [9.17, 15) is 0 Å². The Balaban J connectivity index is 3.88. The van der Waals surface area contributed by atoms with Crippen molar-refractivity contribution in [3.05, 3.63) is 23.8 Å². The van der Waals surface area contributed by atoms with Gasteiger partial charge >= 0.3 is 0 Å². The van der Waals surface area contributed by atoms with E-state index in [0.717, 1.165) is 50.7 Å². The van der Waals surface area contributed by atoms with E-state index >= 15 is 0 Å². The maximum atomic E-state index is 3.39. The first-order chi connectivity index (χ1) is 8.78. The molecule has 0 fully saturated rings. The van der Waals surface area contributed by atoms with Gasteiger partial charge in [-0.05, 0) is 38.8 Å². The molecule has 4 N–H and O–H groups in total. The molecule has 0 unspecified atom stereocenters. The first kappa shape index (κ1) is 16.7. The van der Waals surface area contributed by atoms with Gasteiger partial charge in [0, 0.05) is 26.2 Å². The number of nitrogens with one attached hydrogen (secondary N) is 4. The molecule has 0 rings (SSSR count). The highest BCUT2D eigenvalue weighted by atomic mass is 15.1. The Morgan fingerprint density at radius 3 is 1.33 bits per heavy atom. The summed E-state index contributed by atoms with van der Waals surface area (Å²) in [5.74, 6) is 2.26. The quantitative estimate of drug-likeness (QED) is 0.425. The smallest absolute Gasteiger partial charge is 0.0945 e. The predicted octanol–water partition coefficient (Wildman–Crippen LogP) is 1.89. The lowest BCUT2D eigenvalue weighted by atomic mass is 10.4. The van der Waals surface area contributed by atoms with Crippen molar-refractivity contribution in [2.45, 2.75) is 40.5 Å². The molecule has 0 aromatic carbocycles. The summed E-state index contributed by atoms with van der Waals surface area (Å²) in [5, 5.41) is 13.4. The second kappa shape index (κ2) is 12.1. The van der Waals surface area contributed by atoms with Gasteiger partial charge in [0.25, 0.3) is 0 Å². The summed E-state index contributed by atoms with van der Waals surface area (Å²) in [6.45, 7) is 12.2. The molecule has 0 aliphatic heterocycles. The summed E-state index contributed by atoms with van der Waals surface area (Å²) in [4.78, 5) is 0. The summed E-state index contributed by atoms with van der Waals surface area (Å²) in [6.07, 6.45) is 6.44. The number of allylic oxidation sites excluding steroid dienone is 2. The lowest BCUT2D eigenvalue weighted by Crippen LogP contribution is -2.35. The fourth-order valence-electron chi connectivity index (χ4n) is 1.60. The summed E-state index contributed by atoms with van der Waals surface area (Å²) < 4.78 is 0. The Hall–Kier alpha value is -1.32. The van der Waals surface area contributed by atoms with Gasteiger partial charge in [-0.1, -0.05) is 13.8 Å². The van der Waals surface area contributed by atoms with Crippen molar-refractivity contribution in [1.82, 2.24) is 21.3 Å². The highest BCUT2D eigenvalue weighted by Crippen LogP contribution is 1.88. The van der Waals surface area contributed by atoms with Gasteiger partial charge in [0.2, 0.25) is 0 Å². The maximum Gasteiger partial charge on any atom is 0.0945 e. The zero-order valence-corrected chi connectivity index (χ0v) is 12.4. The Bertz CT molecular complexity index is 220. The van der Waals surface area contributed by atoms with Crippen LogP contribution in [0.4, 0.5) is 0 Å². The standard InChI is InChI=1S/C14H30N4/c1-5-9-13(15-7-3)17-11-12-18-14(10-6-2)16-8-4/h9-10,15-18H,5-8,11-12H2,1-4H3/b13-9+,14-10?. The van der Waals surface area contributed by atoms with Gasteiger partial charge in [-0.25, -0.2) is 0 Å². The number of hydrogen-bond acceptors (Lipinski definition) is 4. The van der Waals surface area contributed by atoms with Gasteiger partial charge in [-0.3, -0.25) is 0 Å². The third-order valence-corrected chi connectivity index (χ3v) is 2.31. The molecule has 0 radical (unpaired) electrons. The van der Waals surface area contributed by atoms with E-state index in [4.69, 9.17) is 0 Å². The summed E-state index contributed by atoms with van der Waals surface area (Å²) >= 11 is 0. The molecule has 0 aromatic rings. The van der Waals surface area contributed by atoms with Gasteiger partial charge in [-0.2, -0.15) is 0 Å². The zero-order valence-electron chi connectivity index (χ0n) is 12.4. The second-order valence-corrected chi connectivity index (χ2v) is 3.97. The number of hydrogen-bond donors (Lipinski definition) is 4. The van der Waals surface area contributed by atoms with Gasteiger partial charge < -0.3 is 21.3 Å². The van der Waals surface area contributed by atoms with Crippen LogP contribution in [-0.4, -0.2) is 26.2 Å². The maximum absolute atomic E-state index is 3.39. The van der Waals surface area contributed by atoms with Crippen LogP contribution in [-0.2, 0) is 0 Å². The Labute approximate surface area is 112 Å². The molecule has 0 spiro atoms. The van der Waals surface area contributed by atoms with Gasteiger partial charge in [0.15, 0.2) is 0 Å². The Morgan fingerprint density at radius 1 is 0.667 bits per heavy atom. The molecule has 0 atom stereocenters. The van der Waals surface area contributed by atoms with Crippen molar-refractivity contribution >= 4 is 0 Å². The molecule has 0 aliphatic carbocycles. The molecule has 0 bridgehead atoms. The number of rotatable bonds is 11. The van der Waals surface area contributed by atoms with Gasteiger partial charge in [-0.15, -0.1) is 0 Å². The summed E-state index contributed by atoms with van der Waals surface area (Å²) in [5.41, 5.74) is 0. The highest BCUT2D eigenvalue weighted by Gasteiger charge is 1.95. The summed E-state index contributed by atoms with van der Waals surface area (Å²) in [7, 11) is 0. The van der Waals surface area contributed by atoms with Crippen LogP contribution < -0.4 is 21.3 Å². The Kier molecular flexibility index (Phi) is 11.3. The van der Waals surface area contributed by atoms with E-state index in [-0.39, 0.29) is 0 Å². The van der Waals surface area contributed by atoms with Crippen LogP contribution in [0.25, 0.3) is 0 Å². The van der Waals surface area contributed by atoms with Crippen LogP contribution >= 0.6 is 0 Å². The minimum Gasteiger partial charge on any atom is -0.372 e. The SMILES string of the molecule is CCC=C(NCC)NCCN/C(=C/CC)NCC. The van der Waals surface area contributed by atoms with Crippen LogP contribution in [0.5, 0.6) is 0 Å². The van der Waals surface area contributed by atoms with Crippen LogP contribution in [0.2, 0.25) is 0 Å². The average Bonchev–Trinajstić information content (AvgIpc) is 2.35. The van der Waals surface area contributed by atoms with E-state index in [0.29, 0.717) is 0 Å². The molecule has 0 heterocycles. The lowest BCUT2D eigenvalue weighted by Gasteiger charge is -2.15. The van der Waals surface area contributed by atoms with E-state index < -0.39 is 0 Å². The molecule has 4 heteroatoms. The molecule has 0 saturated carbocycles. The molecular formula is C14H30N4. The van der Waals surface area contributed by atoms with E-state index in [1.165, 1.54) is 0 Å². The fourth-order valence-corrected chi connectivity index (χ4v) is 1.60. The fraction of sp³-hybridized carbons (Fsp3) is 0.714. The second-order valence-electron chi connectivity index (χ2n) is 3.97. The van der Waals surface area contributed by atoms with Crippen molar-refractivity contribution in [2.75, 3.05) is 26.2 Å². The molecule has 4 nitrogen and oxygen atoms in total. The minimum absolute atomic E-state index is 0.908. The van der Waals surface area contributed by atoms with E-state index in [2.05, 4.69) is 61.1 Å². The van der Waals surface area contributed by atoms with Crippen molar-refractivity contribution < 1.29 is 0 Å². The zero-order chi connectivity index (χ0) is 13.6. The highest BCUT2D eigenvalue weighted by molar-refractivity contribution is 4.98. The van der Waals surface area contributed by atoms with E-state index in [1.54, 1.807) is 0 Å². The van der Waals surface area contributed by atoms with Crippen LogP contribution in [0.1, 0.15) is 40.5 Å². The average molecular weight is 254 g/mol. The van der Waals surface area contributed by atoms with Crippen molar-refractivity contribution in [2.24, 2.45) is 0 Å². The molecular weight excluding hydrogens is 224 g/mol. The minimum atomic E-state index is 0.908. The molecule has 18 heavy (non-hydrogen) atoms. The van der Waals surface area contributed by atoms with Crippen LogP contribution in [0, 0.1) is 0 Å². The van der Waals surface area contributed by atoms with Crippen LogP contribution in [0.3, 0.4) is 0 Å². The van der Waals surface area contributed by atoms with Crippen LogP contribution in [0.15, 0.2) is 23.8 Å². The van der Waals surface area contributed by atoms with E-state index in [1.807, 2.05) is 0 Å². The molecule has 0 saturated heterocycles. The Morgan fingerprint density at radius 2 is 1.06 bits per heavy atom. The topological polar surface area (TPSA) is 48.1 Å². The van der Waals surface area contributed by atoms with Gasteiger partial charge in [0.1, 0.15) is 0 Å². The van der Waals surface area contributed by atoms with Crippen molar-refractivity contribution in [3.63, 3.8) is 0 Å².